The number of phenolic OH excluding ortho intramolecular Hbond substituents is 1. The molecule has 3 aliphatic carbocycles. The number of carbonyl (C=O) groups is 5. The molecule has 0 spiro atoms. The third-order valence-corrected chi connectivity index (χ3v) is 8.54. The number of nitrogens with zero attached hydrogens (tertiary/aromatic N) is 1. The third-order valence-electron chi connectivity index (χ3n) is 8.21. The first-order chi connectivity index (χ1) is 18.6. The van der Waals surface area contributed by atoms with Crippen LogP contribution in [0.5, 0.6) is 5.75 Å². The van der Waals surface area contributed by atoms with Crippen LogP contribution >= 0.6 is 11.6 Å². The van der Waals surface area contributed by atoms with Crippen LogP contribution in [0.2, 0.25) is 5.02 Å². The number of phenols is 1. The molecular weight excluding hydrogens is 522 g/mol. The number of halogens is 1. The number of Topliss-reactive ketones (excluding diaryl/α,β-unsaturated/α-hetero) is 1. The minimum Gasteiger partial charge on any atom is -0.508 e. The number of amides is 2. The van der Waals surface area contributed by atoms with Crippen molar-refractivity contribution in [1.82, 2.24) is 0 Å². The minimum atomic E-state index is -1.18. The van der Waals surface area contributed by atoms with Gasteiger partial charge in [0.1, 0.15) is 5.75 Å². The largest absolute Gasteiger partial charge is 0.508 e. The monoisotopic (exact) mass is 543 g/mol. The van der Waals surface area contributed by atoms with E-state index >= 15 is 0 Å². The molecule has 0 aromatic heterocycles. The minimum absolute atomic E-state index is 0.0512. The van der Waals surface area contributed by atoms with Crippen molar-refractivity contribution < 1.29 is 34.2 Å². The summed E-state index contributed by atoms with van der Waals surface area (Å²) in [5, 5.41) is 19.6. The zero-order valence-electron chi connectivity index (χ0n) is 20.7. The van der Waals surface area contributed by atoms with Gasteiger partial charge in [0.25, 0.3) is 0 Å². The van der Waals surface area contributed by atoms with Crippen molar-refractivity contribution in [2.24, 2.45) is 17.8 Å². The molecule has 0 unspecified atom stereocenters. The molecule has 2 aromatic rings. The van der Waals surface area contributed by atoms with Gasteiger partial charge in [-0.1, -0.05) is 35.4 Å². The Morgan fingerprint density at radius 2 is 1.79 bits per heavy atom. The van der Waals surface area contributed by atoms with Crippen molar-refractivity contribution in [2.45, 2.75) is 25.7 Å². The molecule has 8 nitrogen and oxygen atoms in total. The number of aromatic hydroxyl groups is 1. The first-order valence-corrected chi connectivity index (χ1v) is 12.9. The average molecular weight is 544 g/mol. The number of carboxylic acid groups (broad SMARTS) is 1. The van der Waals surface area contributed by atoms with E-state index in [9.17, 15) is 34.2 Å². The molecule has 2 N–H and O–H groups in total. The first kappa shape index (κ1) is 25.0. The molecule has 0 saturated carbocycles. The zero-order chi connectivity index (χ0) is 27.7. The number of aromatic carboxylic acids is 1. The van der Waals surface area contributed by atoms with E-state index in [1.54, 1.807) is 13.0 Å². The lowest BCUT2D eigenvalue weighted by Crippen LogP contribution is -2.40. The maximum atomic E-state index is 13.9. The number of carboxylic acids is 1. The second-order valence-corrected chi connectivity index (χ2v) is 10.7. The maximum absolute atomic E-state index is 13.9. The van der Waals surface area contributed by atoms with Gasteiger partial charge >= 0.3 is 5.97 Å². The molecule has 1 saturated heterocycles. The van der Waals surface area contributed by atoms with Gasteiger partial charge in [0, 0.05) is 27.7 Å². The molecule has 9 heteroatoms. The Morgan fingerprint density at radius 1 is 1.03 bits per heavy atom. The van der Waals surface area contributed by atoms with Crippen LogP contribution in [0.25, 0.3) is 0 Å². The summed E-state index contributed by atoms with van der Waals surface area (Å²) in [5.41, 5.74) is 2.31. The van der Waals surface area contributed by atoms with E-state index in [0.29, 0.717) is 22.3 Å². The van der Waals surface area contributed by atoms with Crippen LogP contribution in [-0.4, -0.2) is 39.6 Å². The number of benzene rings is 2. The summed E-state index contributed by atoms with van der Waals surface area (Å²) in [7, 11) is 0. The molecule has 0 bridgehead atoms. The summed E-state index contributed by atoms with van der Waals surface area (Å²) in [4.78, 5) is 66.6. The summed E-state index contributed by atoms with van der Waals surface area (Å²) < 4.78 is 0. The number of ketones is 2. The summed E-state index contributed by atoms with van der Waals surface area (Å²) in [6.45, 7) is 1.58. The maximum Gasteiger partial charge on any atom is 0.335 e. The predicted octanol–water partition coefficient (Wildman–Crippen LogP) is 4.38. The Bertz CT molecular complexity index is 1630. The zero-order valence-corrected chi connectivity index (χ0v) is 21.4. The van der Waals surface area contributed by atoms with Crippen LogP contribution < -0.4 is 4.90 Å². The Kier molecular flexibility index (Phi) is 5.69. The van der Waals surface area contributed by atoms with Crippen LogP contribution in [-0.2, 0) is 19.2 Å². The van der Waals surface area contributed by atoms with Gasteiger partial charge in [-0.15, -0.1) is 0 Å². The van der Waals surface area contributed by atoms with Crippen LogP contribution in [0.15, 0.2) is 76.9 Å². The Morgan fingerprint density at radius 3 is 2.51 bits per heavy atom. The number of fused-ring (bicyclic) bond motifs is 3. The van der Waals surface area contributed by atoms with E-state index in [-0.39, 0.29) is 46.4 Å². The Hall–Kier alpha value is -4.30. The van der Waals surface area contributed by atoms with Crippen LogP contribution in [0.4, 0.5) is 5.69 Å². The lowest BCUT2D eigenvalue weighted by atomic mass is 9.59. The number of allylic oxidation sites excluding steroid dienone is 6. The van der Waals surface area contributed by atoms with Gasteiger partial charge in [-0.2, -0.15) is 0 Å². The molecule has 0 radical (unpaired) electrons. The molecule has 196 valence electrons. The number of rotatable bonds is 3. The van der Waals surface area contributed by atoms with Gasteiger partial charge < -0.3 is 10.2 Å². The summed E-state index contributed by atoms with van der Waals surface area (Å²) in [6.07, 6.45) is 3.53. The van der Waals surface area contributed by atoms with Crippen LogP contribution in [0.1, 0.15) is 41.6 Å². The molecule has 1 fully saturated rings. The fraction of sp³-hybridized carbons (Fsp3) is 0.233. The Balaban J connectivity index is 1.48. The van der Waals surface area contributed by atoms with Crippen LogP contribution in [0.3, 0.4) is 0 Å². The molecule has 1 aliphatic heterocycles. The van der Waals surface area contributed by atoms with Crippen molar-refractivity contribution in [3.05, 3.63) is 93.1 Å². The molecule has 4 atom stereocenters. The molecule has 2 aromatic carbocycles. The van der Waals surface area contributed by atoms with Crippen molar-refractivity contribution >= 4 is 46.6 Å². The first-order valence-electron chi connectivity index (χ1n) is 12.5. The van der Waals surface area contributed by atoms with Crippen molar-refractivity contribution in [3.63, 3.8) is 0 Å². The van der Waals surface area contributed by atoms with Gasteiger partial charge in [0.05, 0.1) is 23.1 Å². The van der Waals surface area contributed by atoms with E-state index < -0.39 is 41.5 Å². The van der Waals surface area contributed by atoms with E-state index in [2.05, 4.69) is 0 Å². The third kappa shape index (κ3) is 3.70. The van der Waals surface area contributed by atoms with Crippen molar-refractivity contribution in [2.75, 3.05) is 4.90 Å². The molecule has 2 amide bonds. The SMILES string of the molecule is CC1=CC(=O)C2=C(C1=O)[C@@H](c1ccc(O)cc1Cl)C1=CC[C@@H]3C(=O)N(c4cccc(C(=O)O)c4)C(=O)[C@@H]3[C@@H]1C2. The predicted molar refractivity (Wildman–Crippen MR) is 140 cm³/mol. The average Bonchev–Trinajstić information content (AvgIpc) is 3.16. The fourth-order valence-corrected chi connectivity index (χ4v) is 6.78. The molecule has 1 heterocycles. The normalized spacial score (nSPS) is 26.2. The summed E-state index contributed by atoms with van der Waals surface area (Å²) >= 11 is 6.55. The number of imide groups is 1. The fourth-order valence-electron chi connectivity index (χ4n) is 6.50. The van der Waals surface area contributed by atoms with E-state index in [0.717, 1.165) is 10.5 Å². The van der Waals surface area contributed by atoms with E-state index in [1.807, 2.05) is 6.08 Å². The van der Waals surface area contributed by atoms with E-state index in [4.69, 9.17) is 11.6 Å². The van der Waals surface area contributed by atoms with E-state index in [1.165, 1.54) is 42.5 Å². The second-order valence-electron chi connectivity index (χ2n) is 10.3. The number of hydrogen-bond acceptors (Lipinski definition) is 6. The van der Waals surface area contributed by atoms with Crippen molar-refractivity contribution in [1.29, 1.82) is 0 Å². The van der Waals surface area contributed by atoms with Gasteiger partial charge in [-0.05, 0) is 67.7 Å². The van der Waals surface area contributed by atoms with Gasteiger partial charge in [0.15, 0.2) is 11.6 Å². The smallest absolute Gasteiger partial charge is 0.335 e. The topological polar surface area (TPSA) is 129 Å². The van der Waals surface area contributed by atoms with Gasteiger partial charge in [-0.25, -0.2) is 4.79 Å². The lowest BCUT2D eigenvalue weighted by molar-refractivity contribution is -0.123. The highest BCUT2D eigenvalue weighted by molar-refractivity contribution is 6.32. The molecule has 4 aliphatic rings. The highest BCUT2D eigenvalue weighted by Crippen LogP contribution is 2.56. The highest BCUT2D eigenvalue weighted by Gasteiger charge is 2.56. The standard InChI is InChI=1S/C30H22ClNO7/c1-13-9-23(34)21-12-20-17(24(26(21)27(13)35)18-6-5-16(33)11-22(18)31)7-8-19-25(20)29(37)32(28(19)36)15-4-2-3-14(10-15)30(38)39/h2-7,9-11,19-20,24-25,33H,8,12H2,1H3,(H,38,39)/t19-,20+,24+,25-/m0/s1. The lowest BCUT2D eigenvalue weighted by Gasteiger charge is -2.42. The number of hydrogen-bond donors (Lipinski definition) is 2. The molecule has 6 rings (SSSR count). The van der Waals surface area contributed by atoms with Gasteiger partial charge in [-0.3, -0.25) is 24.1 Å². The number of anilines is 1. The molecular formula is C30H22ClNO7. The highest BCUT2D eigenvalue weighted by atomic mass is 35.5. The Labute approximate surface area is 227 Å². The van der Waals surface area contributed by atoms with Crippen LogP contribution in [0, 0.1) is 17.8 Å². The number of carbonyl (C=O) groups excluding carboxylic acids is 4. The molecule has 39 heavy (non-hydrogen) atoms. The second kappa shape index (κ2) is 8.88. The van der Waals surface area contributed by atoms with Crippen molar-refractivity contribution in [3.8, 4) is 5.75 Å². The summed E-state index contributed by atoms with van der Waals surface area (Å²) in [5.74, 6) is -5.48. The quantitative estimate of drug-likeness (QED) is 0.334. The van der Waals surface area contributed by atoms with Gasteiger partial charge in [0.2, 0.25) is 11.8 Å². The summed E-state index contributed by atoms with van der Waals surface area (Å²) in [6, 6.07) is 10.1.